The monoisotopic (exact) mass is 474 g/mol. The second kappa shape index (κ2) is 9.19. The van der Waals surface area contributed by atoms with Gasteiger partial charge in [0.2, 0.25) is 11.8 Å². The van der Waals surface area contributed by atoms with E-state index in [0.717, 1.165) is 10.0 Å². The highest BCUT2D eigenvalue weighted by atomic mass is 79.9. The van der Waals surface area contributed by atoms with Crippen LogP contribution in [0.3, 0.4) is 0 Å². The van der Waals surface area contributed by atoms with Crippen LogP contribution >= 0.6 is 15.9 Å². The summed E-state index contributed by atoms with van der Waals surface area (Å²) in [4.78, 5) is 16.3. The van der Waals surface area contributed by atoms with Crippen LogP contribution < -0.4 is 10.1 Å². The number of hydrogen-bond donors (Lipinski definition) is 1. The largest absolute Gasteiger partial charge is 0.439 e. The zero-order valence-electron chi connectivity index (χ0n) is 15.6. The molecule has 0 aliphatic heterocycles. The van der Waals surface area contributed by atoms with Crippen LogP contribution in [0.5, 0.6) is 11.6 Å². The maximum atomic E-state index is 12.3. The average molecular weight is 475 g/mol. The number of carbonyl (C=O) groups is 1. The molecule has 1 aromatic heterocycles. The summed E-state index contributed by atoms with van der Waals surface area (Å²) in [5.41, 5.74) is 2.14. The topological polar surface area (TPSA) is 85.4 Å². The van der Waals surface area contributed by atoms with Crippen LogP contribution in [-0.2, 0) is 20.4 Å². The van der Waals surface area contributed by atoms with Gasteiger partial charge in [0.25, 0.3) is 0 Å². The third-order valence-corrected chi connectivity index (χ3v) is 5.92. The lowest BCUT2D eigenvalue weighted by Crippen LogP contribution is -2.24. The van der Waals surface area contributed by atoms with Crippen molar-refractivity contribution in [3.8, 4) is 11.6 Å². The van der Waals surface area contributed by atoms with Crippen molar-refractivity contribution in [2.75, 3.05) is 11.1 Å². The molecule has 0 spiro atoms. The summed E-state index contributed by atoms with van der Waals surface area (Å²) in [5, 5.41) is 2.55. The number of carbonyl (C=O) groups excluding carboxylic acids is 1. The SMILES string of the molecule is Cc1ccc(Oc2ccc(NC(=O)CS(=O)(=O)Cc3ccc(Br)cc3)cn2)cc1. The number of ether oxygens (including phenoxy) is 1. The number of pyridine rings is 1. The average Bonchev–Trinajstić information content (AvgIpc) is 2.66. The first-order chi connectivity index (χ1) is 13.8. The molecule has 6 nitrogen and oxygen atoms in total. The van der Waals surface area contributed by atoms with Gasteiger partial charge in [0.05, 0.1) is 17.6 Å². The lowest BCUT2D eigenvalue weighted by Gasteiger charge is -2.08. The fraction of sp³-hybridized carbons (Fsp3) is 0.143. The van der Waals surface area contributed by atoms with E-state index in [1.807, 2.05) is 31.2 Å². The Morgan fingerprint density at radius 1 is 1.03 bits per heavy atom. The van der Waals surface area contributed by atoms with Crippen LogP contribution in [0, 0.1) is 6.92 Å². The molecule has 2 aromatic carbocycles. The lowest BCUT2D eigenvalue weighted by molar-refractivity contribution is -0.113. The third-order valence-electron chi connectivity index (χ3n) is 3.91. The number of sulfone groups is 1. The second-order valence-corrected chi connectivity index (χ2v) is 9.49. The van der Waals surface area contributed by atoms with Crippen molar-refractivity contribution < 1.29 is 17.9 Å². The fourth-order valence-corrected chi connectivity index (χ4v) is 4.06. The molecule has 3 aromatic rings. The summed E-state index contributed by atoms with van der Waals surface area (Å²) < 4.78 is 31.0. The van der Waals surface area contributed by atoms with Gasteiger partial charge in [0.15, 0.2) is 9.84 Å². The summed E-state index contributed by atoms with van der Waals surface area (Å²) in [6.45, 7) is 1.98. The number of rotatable bonds is 7. The Morgan fingerprint density at radius 3 is 2.34 bits per heavy atom. The van der Waals surface area contributed by atoms with E-state index >= 15 is 0 Å². The van der Waals surface area contributed by atoms with Crippen LogP contribution in [-0.4, -0.2) is 25.1 Å². The van der Waals surface area contributed by atoms with Crippen molar-refractivity contribution in [3.05, 3.63) is 82.5 Å². The van der Waals surface area contributed by atoms with Crippen molar-refractivity contribution in [3.63, 3.8) is 0 Å². The Bertz CT molecular complexity index is 1080. The van der Waals surface area contributed by atoms with E-state index in [1.54, 1.807) is 36.4 Å². The fourth-order valence-electron chi connectivity index (χ4n) is 2.52. The minimum absolute atomic E-state index is 0.199. The maximum absolute atomic E-state index is 12.3. The molecule has 29 heavy (non-hydrogen) atoms. The van der Waals surface area contributed by atoms with Crippen LogP contribution in [0.4, 0.5) is 5.69 Å². The standard InChI is InChI=1S/C21H19BrN2O4S/c1-15-2-9-19(10-3-15)28-21-11-8-18(12-23-21)24-20(25)14-29(26,27)13-16-4-6-17(22)7-5-16/h2-12H,13-14H2,1H3,(H,24,25). The highest BCUT2D eigenvalue weighted by molar-refractivity contribution is 9.10. The summed E-state index contributed by atoms with van der Waals surface area (Å²) in [5.74, 6) is -0.398. The van der Waals surface area contributed by atoms with Gasteiger partial charge in [-0.05, 0) is 42.8 Å². The number of hydrogen-bond acceptors (Lipinski definition) is 5. The van der Waals surface area contributed by atoms with Crippen LogP contribution in [0.1, 0.15) is 11.1 Å². The summed E-state index contributed by atoms with van der Waals surface area (Å²) in [6.07, 6.45) is 1.42. The Morgan fingerprint density at radius 2 is 1.72 bits per heavy atom. The van der Waals surface area contributed by atoms with E-state index in [9.17, 15) is 13.2 Å². The Hall–Kier alpha value is -2.71. The van der Waals surface area contributed by atoms with E-state index in [0.29, 0.717) is 22.9 Å². The molecular weight excluding hydrogens is 456 g/mol. The molecule has 0 aliphatic rings. The molecule has 0 fully saturated rings. The van der Waals surface area contributed by atoms with E-state index < -0.39 is 21.5 Å². The normalized spacial score (nSPS) is 11.1. The van der Waals surface area contributed by atoms with E-state index in [1.165, 1.54) is 6.20 Å². The summed E-state index contributed by atoms with van der Waals surface area (Å²) in [7, 11) is -3.59. The molecule has 8 heteroatoms. The predicted octanol–water partition coefficient (Wildman–Crippen LogP) is 4.50. The Labute approximate surface area is 178 Å². The first-order valence-electron chi connectivity index (χ1n) is 8.74. The number of aromatic nitrogens is 1. The molecule has 0 saturated heterocycles. The minimum atomic E-state index is -3.59. The Kier molecular flexibility index (Phi) is 6.66. The van der Waals surface area contributed by atoms with Gasteiger partial charge < -0.3 is 10.1 Å². The van der Waals surface area contributed by atoms with E-state index in [-0.39, 0.29) is 5.75 Å². The molecule has 0 unspecified atom stereocenters. The lowest BCUT2D eigenvalue weighted by atomic mass is 10.2. The van der Waals surface area contributed by atoms with E-state index in [2.05, 4.69) is 26.2 Å². The molecule has 150 valence electrons. The molecule has 0 bridgehead atoms. The molecule has 0 atom stereocenters. The molecule has 0 aliphatic carbocycles. The number of benzene rings is 2. The highest BCUT2D eigenvalue weighted by Crippen LogP contribution is 2.21. The van der Waals surface area contributed by atoms with Crippen molar-refractivity contribution in [1.29, 1.82) is 0 Å². The summed E-state index contributed by atoms with van der Waals surface area (Å²) >= 11 is 3.30. The second-order valence-electron chi connectivity index (χ2n) is 6.51. The first kappa shape index (κ1) is 21.0. The van der Waals surface area contributed by atoms with E-state index in [4.69, 9.17) is 4.74 Å². The molecule has 1 heterocycles. The van der Waals surface area contributed by atoms with Crippen molar-refractivity contribution in [1.82, 2.24) is 4.98 Å². The number of nitrogens with one attached hydrogen (secondary N) is 1. The van der Waals surface area contributed by atoms with Crippen molar-refractivity contribution in [2.24, 2.45) is 0 Å². The third kappa shape index (κ3) is 6.69. The van der Waals surface area contributed by atoms with Crippen molar-refractivity contribution in [2.45, 2.75) is 12.7 Å². The number of halogens is 1. The van der Waals surface area contributed by atoms with Gasteiger partial charge in [0, 0.05) is 10.5 Å². The zero-order valence-corrected chi connectivity index (χ0v) is 18.0. The smallest absolute Gasteiger partial charge is 0.239 e. The van der Waals surface area contributed by atoms with Crippen LogP contribution in [0.25, 0.3) is 0 Å². The molecule has 1 amide bonds. The van der Waals surface area contributed by atoms with Gasteiger partial charge in [-0.2, -0.15) is 0 Å². The number of anilines is 1. The van der Waals surface area contributed by atoms with Gasteiger partial charge in [-0.15, -0.1) is 0 Å². The number of nitrogens with zero attached hydrogens (tertiary/aromatic N) is 1. The molecular formula is C21H19BrN2O4S. The molecule has 0 radical (unpaired) electrons. The molecule has 0 saturated carbocycles. The maximum Gasteiger partial charge on any atom is 0.239 e. The van der Waals surface area contributed by atoms with Crippen LogP contribution in [0.15, 0.2) is 71.3 Å². The quantitative estimate of drug-likeness (QED) is 0.544. The van der Waals surface area contributed by atoms with Gasteiger partial charge in [-0.3, -0.25) is 4.79 Å². The summed E-state index contributed by atoms with van der Waals surface area (Å²) in [6, 6.07) is 17.7. The molecule has 3 rings (SSSR count). The van der Waals surface area contributed by atoms with Crippen LogP contribution in [0.2, 0.25) is 0 Å². The minimum Gasteiger partial charge on any atom is -0.439 e. The van der Waals surface area contributed by atoms with Gasteiger partial charge in [-0.1, -0.05) is 45.8 Å². The molecule has 1 N–H and O–H groups in total. The highest BCUT2D eigenvalue weighted by Gasteiger charge is 2.18. The predicted molar refractivity (Wildman–Crippen MR) is 116 cm³/mol. The Balaban J connectivity index is 1.55. The first-order valence-corrected chi connectivity index (χ1v) is 11.4. The van der Waals surface area contributed by atoms with Gasteiger partial charge >= 0.3 is 0 Å². The van der Waals surface area contributed by atoms with Gasteiger partial charge in [-0.25, -0.2) is 13.4 Å². The van der Waals surface area contributed by atoms with Gasteiger partial charge in [0.1, 0.15) is 11.5 Å². The number of amides is 1. The van der Waals surface area contributed by atoms with Crippen molar-refractivity contribution >= 4 is 37.4 Å². The number of aryl methyl sites for hydroxylation is 1. The zero-order chi connectivity index (χ0) is 20.9.